The third-order valence-corrected chi connectivity index (χ3v) is 4.33. The molecule has 1 aromatic heterocycles. The summed E-state index contributed by atoms with van der Waals surface area (Å²) in [6.45, 7) is 4.96. The summed E-state index contributed by atoms with van der Waals surface area (Å²) in [5.41, 5.74) is 1.70. The Morgan fingerprint density at radius 2 is 2.35 bits per heavy atom. The van der Waals surface area contributed by atoms with E-state index in [4.69, 9.17) is 0 Å². The van der Waals surface area contributed by atoms with Crippen LogP contribution in [0.5, 0.6) is 0 Å². The quantitative estimate of drug-likeness (QED) is 0.864. The van der Waals surface area contributed by atoms with Crippen LogP contribution in [0.4, 0.5) is 0 Å². The van der Waals surface area contributed by atoms with Gasteiger partial charge in [0.25, 0.3) is 5.56 Å². The van der Waals surface area contributed by atoms with Crippen molar-refractivity contribution in [3.63, 3.8) is 0 Å². The standard InChI is InChI=1S/C12H19N3OS/c1-4-9-8(2)13-11(14-12(9)16)10-7-17-6-5-15(10)3/h10H,4-7H2,1-3H3,(H,13,14,16). The summed E-state index contributed by atoms with van der Waals surface area (Å²) in [4.78, 5) is 21.7. The van der Waals surface area contributed by atoms with E-state index in [2.05, 4.69) is 21.9 Å². The van der Waals surface area contributed by atoms with Gasteiger partial charge in [0.05, 0.1) is 6.04 Å². The van der Waals surface area contributed by atoms with Crippen molar-refractivity contribution in [3.8, 4) is 0 Å². The topological polar surface area (TPSA) is 49.0 Å². The Morgan fingerprint density at radius 3 is 2.94 bits per heavy atom. The van der Waals surface area contributed by atoms with Gasteiger partial charge in [-0.05, 0) is 20.4 Å². The fraction of sp³-hybridized carbons (Fsp3) is 0.667. The van der Waals surface area contributed by atoms with Gasteiger partial charge >= 0.3 is 0 Å². The SMILES string of the molecule is CCc1c(C)nc(C2CSCCN2C)[nH]c1=O. The molecule has 1 saturated heterocycles. The number of thioether (sulfide) groups is 1. The zero-order valence-corrected chi connectivity index (χ0v) is 11.4. The Bertz CT molecular complexity index is 458. The first-order valence-electron chi connectivity index (χ1n) is 6.01. The molecule has 4 nitrogen and oxygen atoms in total. The van der Waals surface area contributed by atoms with Crippen molar-refractivity contribution in [3.05, 3.63) is 27.4 Å². The van der Waals surface area contributed by atoms with Crippen molar-refractivity contribution in [2.45, 2.75) is 26.3 Å². The highest BCUT2D eigenvalue weighted by molar-refractivity contribution is 7.99. The van der Waals surface area contributed by atoms with E-state index in [1.807, 2.05) is 25.6 Å². The first kappa shape index (κ1) is 12.6. The lowest BCUT2D eigenvalue weighted by Gasteiger charge is -2.31. The molecule has 5 heteroatoms. The van der Waals surface area contributed by atoms with Crippen LogP contribution in [0.3, 0.4) is 0 Å². The first-order valence-corrected chi connectivity index (χ1v) is 7.16. The van der Waals surface area contributed by atoms with Crippen molar-refractivity contribution in [1.29, 1.82) is 0 Å². The van der Waals surface area contributed by atoms with Crippen LogP contribution in [0, 0.1) is 6.92 Å². The third kappa shape index (κ3) is 2.55. The lowest BCUT2D eigenvalue weighted by Crippen LogP contribution is -2.35. The summed E-state index contributed by atoms with van der Waals surface area (Å²) in [6, 6.07) is 0.242. The van der Waals surface area contributed by atoms with Gasteiger partial charge in [-0.1, -0.05) is 6.92 Å². The molecule has 0 spiro atoms. The Balaban J connectivity index is 2.36. The molecule has 2 rings (SSSR count). The van der Waals surface area contributed by atoms with Crippen LogP contribution in [0.15, 0.2) is 4.79 Å². The molecule has 94 valence electrons. The zero-order chi connectivity index (χ0) is 12.4. The van der Waals surface area contributed by atoms with E-state index in [9.17, 15) is 4.79 Å². The second kappa shape index (κ2) is 5.23. The van der Waals surface area contributed by atoms with E-state index in [0.29, 0.717) is 0 Å². The monoisotopic (exact) mass is 253 g/mol. The van der Waals surface area contributed by atoms with E-state index in [0.717, 1.165) is 41.6 Å². The molecule has 1 atom stereocenters. The van der Waals surface area contributed by atoms with Crippen LogP contribution in [0.1, 0.15) is 30.0 Å². The van der Waals surface area contributed by atoms with E-state index in [1.54, 1.807) is 0 Å². The number of hydrogen-bond acceptors (Lipinski definition) is 4. The van der Waals surface area contributed by atoms with E-state index < -0.39 is 0 Å². The average molecular weight is 253 g/mol. The Morgan fingerprint density at radius 1 is 1.59 bits per heavy atom. The fourth-order valence-corrected chi connectivity index (χ4v) is 3.40. The van der Waals surface area contributed by atoms with Gasteiger partial charge in [0.15, 0.2) is 0 Å². The summed E-state index contributed by atoms with van der Waals surface area (Å²) < 4.78 is 0. The minimum atomic E-state index is 0.0268. The summed E-state index contributed by atoms with van der Waals surface area (Å²) in [6.07, 6.45) is 0.740. The van der Waals surface area contributed by atoms with Gasteiger partial charge < -0.3 is 4.98 Å². The molecule has 0 aliphatic carbocycles. The number of aromatic nitrogens is 2. The third-order valence-electron chi connectivity index (χ3n) is 3.31. The number of nitrogens with zero attached hydrogens (tertiary/aromatic N) is 2. The van der Waals surface area contributed by atoms with Gasteiger partial charge in [0.1, 0.15) is 5.82 Å². The smallest absolute Gasteiger partial charge is 0.254 e. The number of rotatable bonds is 2. The first-order chi connectivity index (χ1) is 8.13. The van der Waals surface area contributed by atoms with Crippen LogP contribution in [0.2, 0.25) is 0 Å². The van der Waals surface area contributed by atoms with Gasteiger partial charge in [0, 0.05) is 29.3 Å². The van der Waals surface area contributed by atoms with Crippen LogP contribution in [-0.4, -0.2) is 40.0 Å². The molecule has 1 fully saturated rings. The maximum absolute atomic E-state index is 11.9. The largest absolute Gasteiger partial charge is 0.309 e. The highest BCUT2D eigenvalue weighted by atomic mass is 32.2. The summed E-state index contributed by atoms with van der Waals surface area (Å²) in [5, 5.41) is 0. The maximum atomic E-state index is 11.9. The van der Waals surface area contributed by atoms with Gasteiger partial charge in [0.2, 0.25) is 0 Å². The molecular weight excluding hydrogens is 234 g/mol. The molecular formula is C12H19N3OS. The fourth-order valence-electron chi connectivity index (χ4n) is 2.18. The molecule has 1 unspecified atom stereocenters. The predicted molar refractivity (Wildman–Crippen MR) is 71.7 cm³/mol. The molecule has 0 saturated carbocycles. The molecule has 1 aliphatic rings. The number of H-pyrrole nitrogens is 1. The molecule has 1 aliphatic heterocycles. The Labute approximate surface area is 106 Å². The lowest BCUT2D eigenvalue weighted by molar-refractivity contribution is 0.263. The number of aromatic amines is 1. The molecule has 0 amide bonds. The normalized spacial score (nSPS) is 21.7. The molecule has 2 heterocycles. The van der Waals surface area contributed by atoms with E-state index in [-0.39, 0.29) is 11.6 Å². The second-order valence-electron chi connectivity index (χ2n) is 4.44. The van der Waals surface area contributed by atoms with Crippen molar-refractivity contribution in [1.82, 2.24) is 14.9 Å². The van der Waals surface area contributed by atoms with Crippen LogP contribution in [0.25, 0.3) is 0 Å². The molecule has 0 aromatic carbocycles. The number of nitrogens with one attached hydrogen (secondary N) is 1. The summed E-state index contributed by atoms with van der Waals surface area (Å²) in [5.74, 6) is 2.98. The maximum Gasteiger partial charge on any atom is 0.254 e. The predicted octanol–water partition coefficient (Wildman–Crippen LogP) is 1.36. The van der Waals surface area contributed by atoms with Crippen LogP contribution >= 0.6 is 11.8 Å². The molecule has 0 bridgehead atoms. The van der Waals surface area contributed by atoms with Crippen LogP contribution < -0.4 is 5.56 Å². The lowest BCUT2D eigenvalue weighted by atomic mass is 10.1. The van der Waals surface area contributed by atoms with Crippen molar-refractivity contribution < 1.29 is 0 Å². The van der Waals surface area contributed by atoms with Crippen molar-refractivity contribution in [2.75, 3.05) is 25.1 Å². The summed E-state index contributed by atoms with van der Waals surface area (Å²) >= 11 is 1.92. The van der Waals surface area contributed by atoms with Crippen LogP contribution in [-0.2, 0) is 6.42 Å². The summed E-state index contributed by atoms with van der Waals surface area (Å²) in [7, 11) is 2.09. The minimum absolute atomic E-state index is 0.0268. The Kier molecular flexibility index (Phi) is 3.89. The van der Waals surface area contributed by atoms with Crippen molar-refractivity contribution in [2.24, 2.45) is 0 Å². The minimum Gasteiger partial charge on any atom is -0.309 e. The van der Waals surface area contributed by atoms with E-state index in [1.165, 1.54) is 0 Å². The molecule has 0 radical (unpaired) electrons. The average Bonchev–Trinajstić information content (AvgIpc) is 2.29. The zero-order valence-electron chi connectivity index (χ0n) is 10.6. The Hall–Kier alpha value is -0.810. The second-order valence-corrected chi connectivity index (χ2v) is 5.59. The van der Waals surface area contributed by atoms with Gasteiger partial charge in [-0.3, -0.25) is 9.69 Å². The van der Waals surface area contributed by atoms with Gasteiger partial charge in [-0.15, -0.1) is 0 Å². The molecule has 17 heavy (non-hydrogen) atoms. The van der Waals surface area contributed by atoms with Gasteiger partial charge in [-0.25, -0.2) is 4.98 Å². The number of aryl methyl sites for hydroxylation is 1. The molecule has 1 aromatic rings. The highest BCUT2D eigenvalue weighted by Gasteiger charge is 2.23. The van der Waals surface area contributed by atoms with Gasteiger partial charge in [-0.2, -0.15) is 11.8 Å². The highest BCUT2D eigenvalue weighted by Crippen LogP contribution is 2.25. The van der Waals surface area contributed by atoms with E-state index >= 15 is 0 Å². The number of hydrogen-bond donors (Lipinski definition) is 1. The molecule has 1 N–H and O–H groups in total. The van der Waals surface area contributed by atoms with Crippen molar-refractivity contribution >= 4 is 11.8 Å².